The molecule has 1 unspecified atom stereocenters. The van der Waals surface area contributed by atoms with Crippen molar-refractivity contribution in [1.82, 2.24) is 0 Å². The minimum absolute atomic E-state index is 0.230. The molecule has 0 saturated heterocycles. The van der Waals surface area contributed by atoms with E-state index < -0.39 is 23.5 Å². The van der Waals surface area contributed by atoms with Crippen LogP contribution in [0.2, 0.25) is 0 Å². The summed E-state index contributed by atoms with van der Waals surface area (Å²) in [5.41, 5.74) is 4.40. The first kappa shape index (κ1) is 12.9. The summed E-state index contributed by atoms with van der Waals surface area (Å²) in [6.45, 7) is 6.38. The van der Waals surface area contributed by atoms with Gasteiger partial charge in [0.25, 0.3) is 0 Å². The van der Waals surface area contributed by atoms with Gasteiger partial charge in [0.05, 0.1) is 0 Å². The number of hydrogen-bond donors (Lipinski definition) is 1. The third-order valence-electron chi connectivity index (χ3n) is 1.34. The fourth-order valence-corrected chi connectivity index (χ4v) is 0.694. The first-order valence-electron chi connectivity index (χ1n) is 4.37. The summed E-state index contributed by atoms with van der Waals surface area (Å²) < 4.78 is 9.46. The second-order valence-electron chi connectivity index (χ2n) is 3.89. The minimum atomic E-state index is -0.933. The molecule has 0 rings (SSSR count). The van der Waals surface area contributed by atoms with Gasteiger partial charge in [-0.25, -0.2) is 0 Å². The van der Waals surface area contributed by atoms with Crippen molar-refractivity contribution in [2.24, 2.45) is 11.7 Å². The maximum Gasteiger partial charge on any atom is 0.321 e. The van der Waals surface area contributed by atoms with E-state index in [9.17, 15) is 9.59 Å². The summed E-state index contributed by atoms with van der Waals surface area (Å²) in [4.78, 5) is 22.4. The Morgan fingerprint density at radius 3 is 2.14 bits per heavy atom. The fourth-order valence-electron chi connectivity index (χ4n) is 0.694. The lowest BCUT2D eigenvalue weighted by atomic mass is 10.1. The first-order chi connectivity index (χ1) is 6.28. The fraction of sp³-hybridized carbons (Fsp3) is 0.778. The van der Waals surface area contributed by atoms with Crippen LogP contribution in [0.4, 0.5) is 0 Å². The van der Waals surface area contributed by atoms with Crippen LogP contribution < -0.4 is 5.73 Å². The zero-order valence-corrected chi connectivity index (χ0v) is 8.99. The summed E-state index contributed by atoms with van der Waals surface area (Å²) in [5.74, 6) is -2.20. The molecule has 5 heteroatoms. The lowest BCUT2D eigenvalue weighted by Gasteiger charge is -2.21. The quantitative estimate of drug-likeness (QED) is 0.408. The van der Waals surface area contributed by atoms with Crippen LogP contribution in [0.3, 0.4) is 0 Å². The Morgan fingerprint density at radius 2 is 1.79 bits per heavy atom. The van der Waals surface area contributed by atoms with Crippen LogP contribution >= 0.6 is 0 Å². The average Bonchev–Trinajstić information content (AvgIpc) is 2.00. The van der Waals surface area contributed by atoms with Crippen molar-refractivity contribution < 1.29 is 19.1 Å². The van der Waals surface area contributed by atoms with Gasteiger partial charge in [-0.3, -0.25) is 15.3 Å². The smallest absolute Gasteiger partial charge is 0.321 e. The highest BCUT2D eigenvalue weighted by molar-refractivity contribution is 5.94. The normalized spacial score (nSPS) is 13.2. The van der Waals surface area contributed by atoms with E-state index in [1.54, 1.807) is 20.8 Å². The molecule has 0 spiro atoms. The van der Waals surface area contributed by atoms with Gasteiger partial charge in [0.15, 0.2) is 5.92 Å². The Balaban J connectivity index is 4.19. The standard InChI is InChI=1S/C9H17NO4/c1-6(7(11)13-5-10)8(12)14-9(2,3)4/h6H,5,10H2,1-4H3. The molecule has 0 aliphatic carbocycles. The Hall–Kier alpha value is -1.10. The van der Waals surface area contributed by atoms with E-state index in [0.29, 0.717) is 0 Å². The van der Waals surface area contributed by atoms with E-state index in [1.165, 1.54) is 6.92 Å². The van der Waals surface area contributed by atoms with Gasteiger partial charge >= 0.3 is 11.9 Å². The summed E-state index contributed by atoms with van der Waals surface area (Å²) in [6.07, 6.45) is 0. The Kier molecular flexibility index (Phi) is 4.56. The molecule has 0 bridgehead atoms. The van der Waals surface area contributed by atoms with E-state index in [4.69, 9.17) is 10.5 Å². The van der Waals surface area contributed by atoms with Crippen molar-refractivity contribution >= 4 is 11.9 Å². The number of nitrogens with two attached hydrogens (primary N) is 1. The molecule has 1 atom stereocenters. The van der Waals surface area contributed by atoms with Crippen LogP contribution in [0.15, 0.2) is 0 Å². The molecule has 0 aromatic rings. The van der Waals surface area contributed by atoms with Crippen LogP contribution in [0.25, 0.3) is 0 Å². The molecule has 2 N–H and O–H groups in total. The van der Waals surface area contributed by atoms with Gasteiger partial charge < -0.3 is 9.47 Å². The van der Waals surface area contributed by atoms with Crippen LogP contribution in [-0.4, -0.2) is 24.3 Å². The number of ether oxygens (including phenoxy) is 2. The molecule has 5 nitrogen and oxygen atoms in total. The predicted molar refractivity (Wildman–Crippen MR) is 50.2 cm³/mol. The number of hydrogen-bond acceptors (Lipinski definition) is 5. The van der Waals surface area contributed by atoms with Crippen LogP contribution in [0.1, 0.15) is 27.7 Å². The SMILES string of the molecule is CC(C(=O)OCN)C(=O)OC(C)(C)C. The summed E-state index contributed by atoms with van der Waals surface area (Å²) in [6, 6.07) is 0. The molecule has 0 aliphatic heterocycles. The molecule has 0 aromatic heterocycles. The molecular formula is C9H17NO4. The summed E-state index contributed by atoms with van der Waals surface area (Å²) in [5, 5.41) is 0. The van der Waals surface area contributed by atoms with E-state index >= 15 is 0 Å². The highest BCUT2D eigenvalue weighted by Crippen LogP contribution is 2.11. The van der Waals surface area contributed by atoms with E-state index in [-0.39, 0.29) is 6.73 Å². The maximum atomic E-state index is 11.3. The van der Waals surface area contributed by atoms with E-state index in [2.05, 4.69) is 4.74 Å². The molecule has 0 aromatic carbocycles. The maximum absolute atomic E-state index is 11.3. The number of carbonyl (C=O) groups excluding carboxylic acids is 2. The lowest BCUT2D eigenvalue weighted by Crippen LogP contribution is -2.32. The zero-order valence-electron chi connectivity index (χ0n) is 8.99. The summed E-state index contributed by atoms with van der Waals surface area (Å²) >= 11 is 0. The molecular weight excluding hydrogens is 186 g/mol. The molecule has 0 heterocycles. The van der Waals surface area contributed by atoms with Crippen molar-refractivity contribution in [1.29, 1.82) is 0 Å². The Morgan fingerprint density at radius 1 is 1.29 bits per heavy atom. The van der Waals surface area contributed by atoms with Crippen molar-refractivity contribution in [3.8, 4) is 0 Å². The van der Waals surface area contributed by atoms with Crippen molar-refractivity contribution in [2.45, 2.75) is 33.3 Å². The minimum Gasteiger partial charge on any atom is -0.459 e. The van der Waals surface area contributed by atoms with Crippen LogP contribution in [0, 0.1) is 5.92 Å². The van der Waals surface area contributed by atoms with Gasteiger partial charge in [-0.2, -0.15) is 0 Å². The Bertz CT molecular complexity index is 219. The molecule has 0 aliphatic rings. The lowest BCUT2D eigenvalue weighted by molar-refractivity contribution is -0.168. The molecule has 14 heavy (non-hydrogen) atoms. The second kappa shape index (κ2) is 4.95. The highest BCUT2D eigenvalue weighted by atomic mass is 16.6. The first-order valence-corrected chi connectivity index (χ1v) is 4.37. The van der Waals surface area contributed by atoms with Gasteiger partial charge in [-0.15, -0.1) is 0 Å². The molecule has 0 amide bonds. The number of carbonyl (C=O) groups is 2. The van der Waals surface area contributed by atoms with Gasteiger partial charge in [0, 0.05) is 0 Å². The third-order valence-corrected chi connectivity index (χ3v) is 1.34. The van der Waals surface area contributed by atoms with Gasteiger partial charge in [-0.05, 0) is 27.7 Å². The monoisotopic (exact) mass is 203 g/mol. The van der Waals surface area contributed by atoms with Crippen LogP contribution in [-0.2, 0) is 19.1 Å². The molecule has 82 valence electrons. The van der Waals surface area contributed by atoms with Gasteiger partial charge in [-0.1, -0.05) is 0 Å². The molecule has 0 saturated carbocycles. The second-order valence-corrected chi connectivity index (χ2v) is 3.89. The summed E-state index contributed by atoms with van der Waals surface area (Å²) in [7, 11) is 0. The third kappa shape index (κ3) is 4.81. The van der Waals surface area contributed by atoms with Crippen molar-refractivity contribution in [3.63, 3.8) is 0 Å². The molecule has 0 radical (unpaired) electrons. The number of esters is 2. The average molecular weight is 203 g/mol. The molecule has 0 fully saturated rings. The predicted octanol–water partition coefficient (Wildman–Crippen LogP) is 0.424. The zero-order chi connectivity index (χ0) is 11.4. The highest BCUT2D eigenvalue weighted by Gasteiger charge is 2.27. The van der Waals surface area contributed by atoms with Crippen molar-refractivity contribution in [2.75, 3.05) is 6.73 Å². The van der Waals surface area contributed by atoms with Gasteiger partial charge in [0.2, 0.25) is 0 Å². The van der Waals surface area contributed by atoms with Crippen molar-refractivity contribution in [3.05, 3.63) is 0 Å². The van der Waals surface area contributed by atoms with Gasteiger partial charge in [0.1, 0.15) is 12.3 Å². The Labute approximate surface area is 83.5 Å². The largest absolute Gasteiger partial charge is 0.459 e. The van der Waals surface area contributed by atoms with Crippen LogP contribution in [0.5, 0.6) is 0 Å². The topological polar surface area (TPSA) is 78.6 Å². The van der Waals surface area contributed by atoms with E-state index in [1.807, 2.05) is 0 Å². The number of rotatable bonds is 3. The van der Waals surface area contributed by atoms with E-state index in [0.717, 1.165) is 0 Å².